The van der Waals surface area contributed by atoms with Gasteiger partial charge in [-0.3, -0.25) is 0 Å². The smallest absolute Gasteiger partial charge is 0.123 e. The van der Waals surface area contributed by atoms with Crippen molar-refractivity contribution in [2.24, 2.45) is 5.41 Å². The van der Waals surface area contributed by atoms with Crippen LogP contribution in [0.1, 0.15) is 39.2 Å². The molecule has 0 aliphatic carbocycles. The number of para-hydroxylation sites is 1. The number of hydrogen-bond acceptors (Lipinski definition) is 2. The molecule has 0 spiro atoms. The van der Waals surface area contributed by atoms with Crippen LogP contribution in [0.15, 0.2) is 24.3 Å². The second-order valence-electron chi connectivity index (χ2n) is 6.46. The summed E-state index contributed by atoms with van der Waals surface area (Å²) in [5.41, 5.74) is 1.74. The van der Waals surface area contributed by atoms with E-state index in [2.05, 4.69) is 44.3 Å². The summed E-state index contributed by atoms with van der Waals surface area (Å²) in [6.07, 6.45) is 3.70. The molecule has 0 amide bonds. The normalized spacial score (nSPS) is 20.3. The first-order chi connectivity index (χ1) is 8.49. The van der Waals surface area contributed by atoms with Gasteiger partial charge in [0.25, 0.3) is 0 Å². The summed E-state index contributed by atoms with van der Waals surface area (Å²) in [7, 11) is 2.04. The molecule has 2 unspecified atom stereocenters. The van der Waals surface area contributed by atoms with Crippen molar-refractivity contribution in [3.8, 4) is 5.75 Å². The maximum Gasteiger partial charge on any atom is 0.123 e. The standard InChI is InChI=1S/C16H25NO/c1-16(2,3)10-9-13(17-4)15-11-12-7-5-6-8-14(12)18-15/h5-8,13,15,17H,9-11H2,1-4H3. The molecule has 1 aliphatic heterocycles. The van der Waals surface area contributed by atoms with Crippen LogP contribution in [0.2, 0.25) is 0 Å². The van der Waals surface area contributed by atoms with Gasteiger partial charge in [-0.25, -0.2) is 0 Å². The molecule has 0 saturated heterocycles. The third-order valence-electron chi connectivity index (χ3n) is 3.70. The molecule has 2 atom stereocenters. The molecular formula is C16H25NO. The lowest BCUT2D eigenvalue weighted by atomic mass is 9.87. The lowest BCUT2D eigenvalue weighted by Gasteiger charge is -2.26. The molecule has 100 valence electrons. The third-order valence-corrected chi connectivity index (χ3v) is 3.70. The molecule has 1 aromatic rings. The SMILES string of the molecule is CNC(CCC(C)(C)C)C1Cc2ccccc2O1. The summed E-state index contributed by atoms with van der Waals surface area (Å²) in [5.74, 6) is 1.07. The van der Waals surface area contributed by atoms with Crippen molar-refractivity contribution in [3.63, 3.8) is 0 Å². The Morgan fingerprint density at radius 3 is 2.67 bits per heavy atom. The zero-order valence-corrected chi connectivity index (χ0v) is 12.0. The van der Waals surface area contributed by atoms with Gasteiger partial charge in [-0.15, -0.1) is 0 Å². The molecule has 0 bridgehead atoms. The maximum absolute atomic E-state index is 6.06. The van der Waals surface area contributed by atoms with Crippen molar-refractivity contribution in [2.75, 3.05) is 7.05 Å². The summed E-state index contributed by atoms with van der Waals surface area (Å²) >= 11 is 0. The van der Waals surface area contributed by atoms with Gasteiger partial charge < -0.3 is 10.1 Å². The number of ether oxygens (including phenoxy) is 1. The summed E-state index contributed by atoms with van der Waals surface area (Å²) in [6, 6.07) is 8.83. The van der Waals surface area contributed by atoms with Gasteiger partial charge in [0.1, 0.15) is 11.9 Å². The molecule has 18 heavy (non-hydrogen) atoms. The summed E-state index contributed by atoms with van der Waals surface area (Å²) in [4.78, 5) is 0. The van der Waals surface area contributed by atoms with E-state index in [0.717, 1.165) is 12.2 Å². The fraction of sp³-hybridized carbons (Fsp3) is 0.625. The van der Waals surface area contributed by atoms with Crippen LogP contribution < -0.4 is 10.1 Å². The predicted octanol–water partition coefficient (Wildman–Crippen LogP) is 3.40. The Hall–Kier alpha value is -1.02. The Balaban J connectivity index is 1.96. The molecule has 0 saturated carbocycles. The van der Waals surface area contributed by atoms with Crippen LogP contribution in [0.3, 0.4) is 0 Å². The van der Waals surface area contributed by atoms with Crippen LogP contribution in [-0.4, -0.2) is 19.2 Å². The topological polar surface area (TPSA) is 21.3 Å². The van der Waals surface area contributed by atoms with Gasteiger partial charge in [0.2, 0.25) is 0 Å². The molecule has 1 heterocycles. The molecule has 0 fully saturated rings. The van der Waals surface area contributed by atoms with Gasteiger partial charge in [0.15, 0.2) is 0 Å². The Kier molecular flexibility index (Phi) is 3.96. The minimum Gasteiger partial charge on any atom is -0.488 e. The average Bonchev–Trinajstić information content (AvgIpc) is 2.71. The summed E-state index contributed by atoms with van der Waals surface area (Å²) in [5, 5.41) is 3.43. The highest BCUT2D eigenvalue weighted by atomic mass is 16.5. The zero-order valence-electron chi connectivity index (χ0n) is 12.0. The van der Waals surface area contributed by atoms with Crippen LogP contribution in [0.5, 0.6) is 5.75 Å². The zero-order chi connectivity index (χ0) is 13.2. The molecule has 2 heteroatoms. The third kappa shape index (κ3) is 3.26. The predicted molar refractivity (Wildman–Crippen MR) is 76.1 cm³/mol. The van der Waals surface area contributed by atoms with E-state index in [9.17, 15) is 0 Å². The Morgan fingerprint density at radius 2 is 2.06 bits per heavy atom. The lowest BCUT2D eigenvalue weighted by Crippen LogP contribution is -2.41. The molecular weight excluding hydrogens is 222 g/mol. The van der Waals surface area contributed by atoms with Crippen LogP contribution in [0.25, 0.3) is 0 Å². The number of rotatable bonds is 4. The lowest BCUT2D eigenvalue weighted by molar-refractivity contribution is 0.166. The molecule has 1 aliphatic rings. The quantitative estimate of drug-likeness (QED) is 0.880. The van der Waals surface area contributed by atoms with E-state index < -0.39 is 0 Å². The van der Waals surface area contributed by atoms with Gasteiger partial charge in [-0.1, -0.05) is 39.0 Å². The van der Waals surface area contributed by atoms with E-state index in [0.29, 0.717) is 11.5 Å². The largest absolute Gasteiger partial charge is 0.488 e. The van der Waals surface area contributed by atoms with Gasteiger partial charge in [0.05, 0.1) is 0 Å². The number of benzene rings is 1. The van der Waals surface area contributed by atoms with Gasteiger partial charge in [0, 0.05) is 12.5 Å². The van der Waals surface area contributed by atoms with Crippen LogP contribution in [-0.2, 0) is 6.42 Å². The Morgan fingerprint density at radius 1 is 1.33 bits per heavy atom. The number of nitrogens with one attached hydrogen (secondary N) is 1. The Labute approximate surface area is 111 Å². The van der Waals surface area contributed by atoms with Crippen LogP contribution in [0.4, 0.5) is 0 Å². The maximum atomic E-state index is 6.06. The monoisotopic (exact) mass is 247 g/mol. The molecule has 2 rings (SSSR count). The number of fused-ring (bicyclic) bond motifs is 1. The molecule has 2 nitrogen and oxygen atoms in total. The molecule has 1 N–H and O–H groups in total. The van der Waals surface area contributed by atoms with E-state index in [1.807, 2.05) is 13.1 Å². The van der Waals surface area contributed by atoms with Crippen molar-refractivity contribution in [1.29, 1.82) is 0 Å². The minimum atomic E-state index is 0.287. The fourth-order valence-electron chi connectivity index (χ4n) is 2.54. The molecule has 0 radical (unpaired) electrons. The molecule has 0 aromatic heterocycles. The highest BCUT2D eigenvalue weighted by molar-refractivity contribution is 5.37. The second kappa shape index (κ2) is 5.31. The van der Waals surface area contributed by atoms with E-state index in [1.165, 1.54) is 18.4 Å². The van der Waals surface area contributed by atoms with E-state index in [-0.39, 0.29) is 6.10 Å². The summed E-state index contributed by atoms with van der Waals surface area (Å²) in [6.45, 7) is 6.89. The summed E-state index contributed by atoms with van der Waals surface area (Å²) < 4.78 is 6.06. The van der Waals surface area contributed by atoms with Crippen molar-refractivity contribution in [2.45, 2.75) is 52.2 Å². The fourth-order valence-corrected chi connectivity index (χ4v) is 2.54. The van der Waals surface area contributed by atoms with Gasteiger partial charge >= 0.3 is 0 Å². The van der Waals surface area contributed by atoms with E-state index >= 15 is 0 Å². The van der Waals surface area contributed by atoms with Gasteiger partial charge in [-0.05, 0) is 36.9 Å². The second-order valence-corrected chi connectivity index (χ2v) is 6.46. The van der Waals surface area contributed by atoms with Crippen LogP contribution in [0, 0.1) is 5.41 Å². The number of likely N-dealkylation sites (N-methyl/N-ethyl adjacent to an activating group) is 1. The minimum absolute atomic E-state index is 0.287. The van der Waals surface area contributed by atoms with E-state index in [4.69, 9.17) is 4.74 Å². The van der Waals surface area contributed by atoms with Crippen molar-refractivity contribution in [1.82, 2.24) is 5.32 Å². The highest BCUT2D eigenvalue weighted by Gasteiger charge is 2.29. The number of hydrogen-bond donors (Lipinski definition) is 1. The van der Waals surface area contributed by atoms with Crippen molar-refractivity contribution < 1.29 is 4.74 Å². The van der Waals surface area contributed by atoms with Gasteiger partial charge in [-0.2, -0.15) is 0 Å². The first-order valence-corrected chi connectivity index (χ1v) is 6.91. The Bertz CT molecular complexity index is 369. The van der Waals surface area contributed by atoms with E-state index in [1.54, 1.807) is 0 Å². The van der Waals surface area contributed by atoms with Crippen molar-refractivity contribution in [3.05, 3.63) is 29.8 Å². The van der Waals surface area contributed by atoms with Crippen LogP contribution >= 0.6 is 0 Å². The first-order valence-electron chi connectivity index (χ1n) is 6.91. The average molecular weight is 247 g/mol. The molecule has 1 aromatic carbocycles. The first kappa shape index (κ1) is 13.4. The van der Waals surface area contributed by atoms with Crippen molar-refractivity contribution >= 4 is 0 Å². The highest BCUT2D eigenvalue weighted by Crippen LogP contribution is 2.31.